The molecule has 2 N–H and O–H groups in total. The number of aromatic nitrogens is 4. The van der Waals surface area contributed by atoms with Crippen molar-refractivity contribution in [1.82, 2.24) is 20.2 Å². The van der Waals surface area contributed by atoms with Gasteiger partial charge in [0.25, 0.3) is 0 Å². The molecular formula is C10H7ClN4. The van der Waals surface area contributed by atoms with E-state index < -0.39 is 0 Å². The van der Waals surface area contributed by atoms with Crippen molar-refractivity contribution < 1.29 is 0 Å². The van der Waals surface area contributed by atoms with Gasteiger partial charge in [-0.1, -0.05) is 11.6 Å². The second-order valence-corrected chi connectivity index (χ2v) is 3.65. The molecule has 0 aliphatic heterocycles. The van der Waals surface area contributed by atoms with Crippen LogP contribution in [-0.2, 0) is 0 Å². The summed E-state index contributed by atoms with van der Waals surface area (Å²) in [5, 5.41) is 8.20. The quantitative estimate of drug-likeness (QED) is 0.617. The summed E-state index contributed by atoms with van der Waals surface area (Å²) in [6, 6.07) is 3.82. The lowest BCUT2D eigenvalue weighted by Crippen LogP contribution is -1.73. The lowest BCUT2D eigenvalue weighted by molar-refractivity contribution is 1.09. The molecule has 0 bridgehead atoms. The van der Waals surface area contributed by atoms with Gasteiger partial charge in [-0.3, -0.25) is 5.10 Å². The molecule has 5 heteroatoms. The summed E-state index contributed by atoms with van der Waals surface area (Å²) in [4.78, 5) is 7.28. The van der Waals surface area contributed by atoms with E-state index in [0.717, 1.165) is 22.2 Å². The minimum Gasteiger partial charge on any atom is -0.354 e. The van der Waals surface area contributed by atoms with Crippen molar-refractivity contribution in [2.24, 2.45) is 0 Å². The monoisotopic (exact) mass is 218 g/mol. The Hall–Kier alpha value is -1.81. The first kappa shape index (κ1) is 8.49. The van der Waals surface area contributed by atoms with E-state index in [1.807, 2.05) is 12.3 Å². The Bertz CT molecular complexity index is 597. The normalized spacial score (nSPS) is 11.0. The number of aromatic amines is 2. The van der Waals surface area contributed by atoms with Crippen LogP contribution in [0.2, 0.25) is 5.15 Å². The molecule has 3 rings (SSSR count). The van der Waals surface area contributed by atoms with E-state index in [9.17, 15) is 0 Å². The summed E-state index contributed by atoms with van der Waals surface area (Å²) in [6.07, 6.45) is 5.34. The van der Waals surface area contributed by atoms with Gasteiger partial charge in [-0.15, -0.1) is 0 Å². The molecule has 0 saturated carbocycles. The standard InChI is InChI=1S/C10H7ClN4/c11-10-2-9-6(3-12-10)1-8(15-9)7-4-13-14-5-7/h1-5,15H,(H,13,14). The molecule has 0 spiro atoms. The predicted molar refractivity (Wildman–Crippen MR) is 58.7 cm³/mol. The Morgan fingerprint density at radius 3 is 2.93 bits per heavy atom. The average molecular weight is 219 g/mol. The van der Waals surface area contributed by atoms with Gasteiger partial charge in [-0.05, 0) is 12.1 Å². The largest absolute Gasteiger partial charge is 0.354 e. The first-order valence-electron chi connectivity index (χ1n) is 4.46. The third-order valence-electron chi connectivity index (χ3n) is 2.28. The van der Waals surface area contributed by atoms with Crippen LogP contribution in [0.5, 0.6) is 0 Å². The molecular weight excluding hydrogens is 212 g/mol. The molecule has 0 unspecified atom stereocenters. The number of nitrogens with zero attached hydrogens (tertiary/aromatic N) is 2. The van der Waals surface area contributed by atoms with Gasteiger partial charge in [0, 0.05) is 29.0 Å². The maximum Gasteiger partial charge on any atom is 0.131 e. The van der Waals surface area contributed by atoms with Crippen LogP contribution in [0.1, 0.15) is 0 Å². The number of fused-ring (bicyclic) bond motifs is 1. The first-order valence-corrected chi connectivity index (χ1v) is 4.84. The molecule has 3 heterocycles. The number of nitrogens with one attached hydrogen (secondary N) is 2. The third-order valence-corrected chi connectivity index (χ3v) is 2.49. The fourth-order valence-corrected chi connectivity index (χ4v) is 1.71. The molecule has 4 nitrogen and oxygen atoms in total. The van der Waals surface area contributed by atoms with E-state index in [1.54, 1.807) is 18.5 Å². The number of hydrogen-bond donors (Lipinski definition) is 2. The number of H-pyrrole nitrogens is 2. The van der Waals surface area contributed by atoms with Gasteiger partial charge in [0.2, 0.25) is 0 Å². The van der Waals surface area contributed by atoms with Crippen molar-refractivity contribution in [3.05, 3.63) is 35.9 Å². The van der Waals surface area contributed by atoms with Gasteiger partial charge in [0.1, 0.15) is 5.15 Å². The number of rotatable bonds is 1. The van der Waals surface area contributed by atoms with Crippen LogP contribution in [0.25, 0.3) is 22.2 Å². The van der Waals surface area contributed by atoms with Crippen molar-refractivity contribution in [1.29, 1.82) is 0 Å². The van der Waals surface area contributed by atoms with Crippen LogP contribution >= 0.6 is 11.6 Å². The highest BCUT2D eigenvalue weighted by molar-refractivity contribution is 6.30. The van der Waals surface area contributed by atoms with E-state index in [-0.39, 0.29) is 0 Å². The summed E-state index contributed by atoms with van der Waals surface area (Å²) >= 11 is 5.80. The van der Waals surface area contributed by atoms with Crippen LogP contribution in [0.4, 0.5) is 0 Å². The molecule has 0 fully saturated rings. The SMILES string of the molecule is Clc1cc2[nH]c(-c3cn[nH]c3)cc2cn1. The molecule has 0 atom stereocenters. The van der Waals surface area contributed by atoms with Gasteiger partial charge < -0.3 is 4.98 Å². The minimum atomic E-state index is 0.489. The van der Waals surface area contributed by atoms with E-state index >= 15 is 0 Å². The predicted octanol–water partition coefficient (Wildman–Crippen LogP) is 2.61. The molecule has 0 aromatic carbocycles. The molecule has 3 aromatic rings. The zero-order valence-electron chi connectivity index (χ0n) is 7.66. The lowest BCUT2D eigenvalue weighted by atomic mass is 10.2. The highest BCUT2D eigenvalue weighted by Crippen LogP contribution is 2.23. The summed E-state index contributed by atoms with van der Waals surface area (Å²) in [5.41, 5.74) is 3.00. The second kappa shape index (κ2) is 3.10. The topological polar surface area (TPSA) is 57.4 Å². The molecule has 15 heavy (non-hydrogen) atoms. The van der Waals surface area contributed by atoms with Crippen molar-refractivity contribution in [2.75, 3.05) is 0 Å². The highest BCUT2D eigenvalue weighted by Gasteiger charge is 2.04. The van der Waals surface area contributed by atoms with Crippen LogP contribution in [0, 0.1) is 0 Å². The van der Waals surface area contributed by atoms with Gasteiger partial charge >= 0.3 is 0 Å². The lowest BCUT2D eigenvalue weighted by Gasteiger charge is -1.89. The zero-order chi connectivity index (χ0) is 10.3. The van der Waals surface area contributed by atoms with Gasteiger partial charge in [0.05, 0.1) is 11.7 Å². The highest BCUT2D eigenvalue weighted by atomic mass is 35.5. The molecule has 0 amide bonds. The summed E-state index contributed by atoms with van der Waals surface area (Å²) in [7, 11) is 0. The number of pyridine rings is 1. The van der Waals surface area contributed by atoms with E-state index in [0.29, 0.717) is 5.15 Å². The maximum atomic E-state index is 5.80. The Labute approximate surface area is 90.3 Å². The van der Waals surface area contributed by atoms with Gasteiger partial charge in [-0.2, -0.15) is 5.10 Å². The zero-order valence-corrected chi connectivity index (χ0v) is 8.42. The van der Waals surface area contributed by atoms with E-state index in [1.165, 1.54) is 0 Å². The van der Waals surface area contributed by atoms with E-state index in [2.05, 4.69) is 20.2 Å². The minimum absolute atomic E-state index is 0.489. The van der Waals surface area contributed by atoms with Crippen LogP contribution in [-0.4, -0.2) is 20.2 Å². The number of halogens is 1. The fraction of sp³-hybridized carbons (Fsp3) is 0. The third kappa shape index (κ3) is 1.39. The van der Waals surface area contributed by atoms with Crippen LogP contribution in [0.3, 0.4) is 0 Å². The van der Waals surface area contributed by atoms with Crippen LogP contribution < -0.4 is 0 Å². The molecule has 0 radical (unpaired) electrons. The Morgan fingerprint density at radius 2 is 2.13 bits per heavy atom. The van der Waals surface area contributed by atoms with Crippen molar-refractivity contribution >= 4 is 22.5 Å². The second-order valence-electron chi connectivity index (χ2n) is 3.26. The Balaban J connectivity index is 2.22. The summed E-state index contributed by atoms with van der Waals surface area (Å²) in [6.45, 7) is 0. The molecule has 0 saturated heterocycles. The average Bonchev–Trinajstić information content (AvgIpc) is 2.84. The summed E-state index contributed by atoms with van der Waals surface area (Å²) < 4.78 is 0. The maximum absolute atomic E-state index is 5.80. The molecule has 3 aromatic heterocycles. The Morgan fingerprint density at radius 1 is 1.20 bits per heavy atom. The number of hydrogen-bond acceptors (Lipinski definition) is 2. The van der Waals surface area contributed by atoms with Gasteiger partial charge in [-0.25, -0.2) is 4.98 Å². The smallest absolute Gasteiger partial charge is 0.131 e. The van der Waals surface area contributed by atoms with Crippen molar-refractivity contribution in [3.8, 4) is 11.3 Å². The summed E-state index contributed by atoms with van der Waals surface area (Å²) in [5.74, 6) is 0. The molecule has 74 valence electrons. The fourth-order valence-electron chi connectivity index (χ4n) is 1.55. The van der Waals surface area contributed by atoms with Crippen molar-refractivity contribution in [3.63, 3.8) is 0 Å². The first-order chi connectivity index (χ1) is 7.33. The van der Waals surface area contributed by atoms with Gasteiger partial charge in [0.15, 0.2) is 0 Å². The van der Waals surface area contributed by atoms with Crippen LogP contribution in [0.15, 0.2) is 30.7 Å². The molecule has 0 aliphatic carbocycles. The Kier molecular flexibility index (Phi) is 1.76. The molecule has 0 aliphatic rings. The van der Waals surface area contributed by atoms with Crippen molar-refractivity contribution in [2.45, 2.75) is 0 Å². The van der Waals surface area contributed by atoms with E-state index in [4.69, 9.17) is 11.6 Å².